The number of aryl methyl sites for hydroxylation is 2. The minimum atomic E-state index is 0.275. The zero-order valence-electron chi connectivity index (χ0n) is 13.7. The highest BCUT2D eigenvalue weighted by Gasteiger charge is 2.12. The molecule has 112 valence electrons. The fourth-order valence-corrected chi connectivity index (χ4v) is 2.57. The van der Waals surface area contributed by atoms with Crippen molar-refractivity contribution in [3.8, 4) is 11.5 Å². The van der Waals surface area contributed by atoms with E-state index in [1.165, 1.54) is 22.3 Å². The van der Waals surface area contributed by atoms with E-state index in [1.54, 1.807) is 0 Å². The van der Waals surface area contributed by atoms with Crippen LogP contribution in [0.1, 0.15) is 42.1 Å². The van der Waals surface area contributed by atoms with Crippen LogP contribution in [-0.4, -0.2) is 6.54 Å². The molecule has 0 heterocycles. The van der Waals surface area contributed by atoms with E-state index in [4.69, 9.17) is 4.74 Å². The summed E-state index contributed by atoms with van der Waals surface area (Å²) in [6, 6.07) is 12.8. The summed E-state index contributed by atoms with van der Waals surface area (Å²) in [7, 11) is 0. The summed E-state index contributed by atoms with van der Waals surface area (Å²) in [4.78, 5) is 0. The first-order valence-electron chi connectivity index (χ1n) is 7.61. The van der Waals surface area contributed by atoms with Crippen molar-refractivity contribution in [2.75, 3.05) is 6.54 Å². The van der Waals surface area contributed by atoms with E-state index in [2.05, 4.69) is 64.2 Å². The number of para-hydroxylation sites is 1. The first kappa shape index (κ1) is 15.6. The Labute approximate surface area is 128 Å². The summed E-state index contributed by atoms with van der Waals surface area (Å²) >= 11 is 0. The third-order valence-corrected chi connectivity index (χ3v) is 3.88. The van der Waals surface area contributed by atoms with Gasteiger partial charge in [0.25, 0.3) is 0 Å². The number of hydrogen-bond acceptors (Lipinski definition) is 2. The van der Waals surface area contributed by atoms with Crippen LogP contribution in [0.25, 0.3) is 0 Å². The Morgan fingerprint density at radius 1 is 1.05 bits per heavy atom. The smallest absolute Gasteiger partial charge is 0.132 e. The Morgan fingerprint density at radius 2 is 1.76 bits per heavy atom. The number of nitrogens with one attached hydrogen (secondary N) is 1. The maximum absolute atomic E-state index is 6.23. The van der Waals surface area contributed by atoms with E-state index in [-0.39, 0.29) is 6.04 Å². The molecule has 1 atom stereocenters. The van der Waals surface area contributed by atoms with Gasteiger partial charge in [-0.3, -0.25) is 0 Å². The number of ether oxygens (including phenoxy) is 1. The first-order chi connectivity index (χ1) is 10.0. The SMILES string of the molecule is CCNC(C)c1ccccc1Oc1cc(C)cc(C)c1C. The molecule has 0 aliphatic heterocycles. The number of benzene rings is 2. The second kappa shape index (κ2) is 6.77. The van der Waals surface area contributed by atoms with Crippen molar-refractivity contribution in [2.24, 2.45) is 0 Å². The van der Waals surface area contributed by atoms with Gasteiger partial charge in [-0.25, -0.2) is 0 Å². The van der Waals surface area contributed by atoms with Gasteiger partial charge in [0.2, 0.25) is 0 Å². The molecule has 0 aliphatic carbocycles. The maximum atomic E-state index is 6.23. The fourth-order valence-electron chi connectivity index (χ4n) is 2.57. The molecule has 2 aromatic rings. The molecule has 0 bridgehead atoms. The summed E-state index contributed by atoms with van der Waals surface area (Å²) in [5.41, 5.74) is 4.89. The maximum Gasteiger partial charge on any atom is 0.132 e. The molecule has 2 aromatic carbocycles. The molecular weight excluding hydrogens is 258 g/mol. The fraction of sp³-hybridized carbons (Fsp3) is 0.368. The summed E-state index contributed by atoms with van der Waals surface area (Å²) in [6.45, 7) is 11.6. The minimum absolute atomic E-state index is 0.275. The van der Waals surface area contributed by atoms with Crippen LogP contribution in [-0.2, 0) is 0 Å². The highest BCUT2D eigenvalue weighted by atomic mass is 16.5. The van der Waals surface area contributed by atoms with Gasteiger partial charge in [-0.2, -0.15) is 0 Å². The first-order valence-corrected chi connectivity index (χ1v) is 7.61. The molecule has 2 rings (SSSR count). The van der Waals surface area contributed by atoms with E-state index in [9.17, 15) is 0 Å². The second-order valence-electron chi connectivity index (χ2n) is 5.62. The Kier molecular flexibility index (Phi) is 5.03. The summed E-state index contributed by atoms with van der Waals surface area (Å²) in [5, 5.41) is 3.45. The van der Waals surface area contributed by atoms with Crippen LogP contribution in [0.2, 0.25) is 0 Å². The monoisotopic (exact) mass is 283 g/mol. The molecule has 0 radical (unpaired) electrons. The average Bonchev–Trinajstić information content (AvgIpc) is 2.45. The summed E-state index contributed by atoms with van der Waals surface area (Å²) in [5.74, 6) is 1.88. The molecular formula is C19H25NO. The molecule has 0 aliphatic rings. The molecule has 21 heavy (non-hydrogen) atoms. The van der Waals surface area contributed by atoms with Crippen LogP contribution in [0.4, 0.5) is 0 Å². The zero-order valence-corrected chi connectivity index (χ0v) is 13.7. The van der Waals surface area contributed by atoms with Gasteiger partial charge in [-0.05, 0) is 63.1 Å². The van der Waals surface area contributed by atoms with Crippen molar-refractivity contribution in [1.82, 2.24) is 5.32 Å². The lowest BCUT2D eigenvalue weighted by atomic mass is 10.0. The molecule has 0 saturated heterocycles. The van der Waals surface area contributed by atoms with Gasteiger partial charge < -0.3 is 10.1 Å². The van der Waals surface area contributed by atoms with Crippen LogP contribution in [0.3, 0.4) is 0 Å². The molecule has 0 fully saturated rings. The normalized spacial score (nSPS) is 12.2. The number of hydrogen-bond donors (Lipinski definition) is 1. The van der Waals surface area contributed by atoms with Crippen molar-refractivity contribution in [3.05, 3.63) is 58.7 Å². The Balaban J connectivity index is 2.36. The Bertz CT molecular complexity index is 619. The van der Waals surface area contributed by atoms with Crippen LogP contribution in [0.15, 0.2) is 36.4 Å². The average molecular weight is 283 g/mol. The van der Waals surface area contributed by atoms with Crippen LogP contribution < -0.4 is 10.1 Å². The summed E-state index contributed by atoms with van der Waals surface area (Å²) in [6.07, 6.45) is 0. The van der Waals surface area contributed by atoms with Crippen molar-refractivity contribution in [2.45, 2.75) is 40.7 Å². The third-order valence-electron chi connectivity index (χ3n) is 3.88. The minimum Gasteiger partial charge on any atom is -0.457 e. The number of rotatable bonds is 5. The highest BCUT2D eigenvalue weighted by molar-refractivity contribution is 5.46. The van der Waals surface area contributed by atoms with E-state index < -0.39 is 0 Å². The standard InChI is InChI=1S/C19H25NO/c1-6-20-16(5)17-9-7-8-10-18(17)21-19-12-13(2)11-14(3)15(19)4/h7-12,16,20H,6H2,1-5H3. The van der Waals surface area contributed by atoms with Crippen molar-refractivity contribution >= 4 is 0 Å². The lowest BCUT2D eigenvalue weighted by molar-refractivity contribution is 0.459. The van der Waals surface area contributed by atoms with Gasteiger partial charge in [0, 0.05) is 11.6 Å². The van der Waals surface area contributed by atoms with Gasteiger partial charge in [-0.15, -0.1) is 0 Å². The molecule has 1 N–H and O–H groups in total. The van der Waals surface area contributed by atoms with Crippen molar-refractivity contribution in [3.63, 3.8) is 0 Å². The third kappa shape index (κ3) is 3.64. The molecule has 0 aromatic heterocycles. The quantitative estimate of drug-likeness (QED) is 0.826. The predicted molar refractivity (Wildman–Crippen MR) is 89.3 cm³/mol. The van der Waals surface area contributed by atoms with Gasteiger partial charge in [0.1, 0.15) is 11.5 Å². The largest absolute Gasteiger partial charge is 0.457 e. The molecule has 0 saturated carbocycles. The van der Waals surface area contributed by atoms with Crippen LogP contribution in [0, 0.1) is 20.8 Å². The van der Waals surface area contributed by atoms with E-state index in [0.717, 1.165) is 18.0 Å². The van der Waals surface area contributed by atoms with Crippen molar-refractivity contribution < 1.29 is 4.74 Å². The Morgan fingerprint density at radius 3 is 2.48 bits per heavy atom. The molecule has 0 amide bonds. The van der Waals surface area contributed by atoms with Gasteiger partial charge in [-0.1, -0.05) is 31.2 Å². The van der Waals surface area contributed by atoms with Gasteiger partial charge in [0.15, 0.2) is 0 Å². The Hall–Kier alpha value is -1.80. The van der Waals surface area contributed by atoms with Crippen molar-refractivity contribution in [1.29, 1.82) is 0 Å². The van der Waals surface area contributed by atoms with E-state index in [0.29, 0.717) is 0 Å². The lowest BCUT2D eigenvalue weighted by Gasteiger charge is -2.19. The molecule has 2 nitrogen and oxygen atoms in total. The lowest BCUT2D eigenvalue weighted by Crippen LogP contribution is -2.18. The van der Waals surface area contributed by atoms with Gasteiger partial charge >= 0.3 is 0 Å². The van der Waals surface area contributed by atoms with Crippen LogP contribution >= 0.6 is 0 Å². The highest BCUT2D eigenvalue weighted by Crippen LogP contribution is 2.32. The van der Waals surface area contributed by atoms with E-state index in [1.807, 2.05) is 12.1 Å². The van der Waals surface area contributed by atoms with Gasteiger partial charge in [0.05, 0.1) is 0 Å². The molecule has 0 spiro atoms. The second-order valence-corrected chi connectivity index (χ2v) is 5.62. The topological polar surface area (TPSA) is 21.3 Å². The van der Waals surface area contributed by atoms with E-state index >= 15 is 0 Å². The van der Waals surface area contributed by atoms with Crippen LogP contribution in [0.5, 0.6) is 11.5 Å². The molecule has 1 unspecified atom stereocenters. The predicted octanol–water partition coefficient (Wildman–Crippen LogP) is 5.07. The summed E-state index contributed by atoms with van der Waals surface area (Å²) < 4.78 is 6.23. The zero-order chi connectivity index (χ0) is 15.4. The molecule has 2 heteroatoms.